The van der Waals surface area contributed by atoms with Crippen LogP contribution in [0.3, 0.4) is 0 Å². The smallest absolute Gasteiger partial charge is 0.253 e. The van der Waals surface area contributed by atoms with E-state index in [1.54, 1.807) is 0 Å². The molecule has 0 aromatic heterocycles. The van der Waals surface area contributed by atoms with E-state index < -0.39 is 6.10 Å². The minimum absolute atomic E-state index is 0.0381. The number of aliphatic hydroxyl groups excluding tert-OH is 1. The second kappa shape index (κ2) is 14.1. The molecule has 0 radical (unpaired) electrons. The van der Waals surface area contributed by atoms with Crippen LogP contribution in [0.1, 0.15) is 29.8 Å². The Labute approximate surface area is 204 Å². The highest BCUT2D eigenvalue weighted by molar-refractivity contribution is 5.94. The molecule has 0 aliphatic carbocycles. The molecule has 2 aliphatic rings. The van der Waals surface area contributed by atoms with Crippen LogP contribution in [0, 0.1) is 12.8 Å². The Kier molecular flexibility index (Phi) is 11.2. The number of hydrogen-bond donors (Lipinski definition) is 1. The molecule has 0 unspecified atom stereocenters. The Morgan fingerprint density at radius 3 is 2.53 bits per heavy atom. The van der Waals surface area contributed by atoms with Crippen molar-refractivity contribution in [2.75, 3.05) is 85.4 Å². The summed E-state index contributed by atoms with van der Waals surface area (Å²) in [5, 5.41) is 10.4. The molecular weight excluding hydrogens is 434 g/mol. The summed E-state index contributed by atoms with van der Waals surface area (Å²) in [7, 11) is 0. The number of carbonyl (C=O) groups excluding carboxylic acids is 1. The van der Waals surface area contributed by atoms with E-state index >= 15 is 0 Å². The van der Waals surface area contributed by atoms with Gasteiger partial charge in [-0.25, -0.2) is 0 Å². The molecular formula is C26H43N3O5. The van der Waals surface area contributed by atoms with Gasteiger partial charge in [-0.15, -0.1) is 0 Å². The average molecular weight is 478 g/mol. The summed E-state index contributed by atoms with van der Waals surface area (Å²) in [6.07, 6.45) is -0.610. The van der Waals surface area contributed by atoms with E-state index in [4.69, 9.17) is 14.2 Å². The second-order valence-corrected chi connectivity index (χ2v) is 9.91. The highest BCUT2D eigenvalue weighted by Gasteiger charge is 2.27. The number of benzene rings is 1. The first-order valence-electron chi connectivity index (χ1n) is 12.7. The van der Waals surface area contributed by atoms with Crippen LogP contribution in [0.15, 0.2) is 24.3 Å². The number of aryl methyl sites for hydroxylation is 1. The number of carbonyl (C=O) groups is 1. The first kappa shape index (κ1) is 27.0. The summed E-state index contributed by atoms with van der Waals surface area (Å²) in [6, 6.07) is 7.77. The summed E-state index contributed by atoms with van der Waals surface area (Å²) < 4.78 is 17.1. The molecule has 2 aliphatic heterocycles. The summed E-state index contributed by atoms with van der Waals surface area (Å²) in [5.41, 5.74) is 1.84. The van der Waals surface area contributed by atoms with Crippen molar-refractivity contribution >= 4 is 5.91 Å². The Morgan fingerprint density at radius 2 is 1.82 bits per heavy atom. The minimum Gasteiger partial charge on any atom is -0.389 e. The predicted molar refractivity (Wildman–Crippen MR) is 132 cm³/mol. The van der Waals surface area contributed by atoms with Crippen LogP contribution in [0.25, 0.3) is 0 Å². The molecule has 2 fully saturated rings. The minimum atomic E-state index is -0.524. The molecule has 1 aromatic carbocycles. The van der Waals surface area contributed by atoms with Crippen molar-refractivity contribution in [3.63, 3.8) is 0 Å². The third-order valence-electron chi connectivity index (χ3n) is 6.25. The first-order chi connectivity index (χ1) is 16.4. The quantitative estimate of drug-likeness (QED) is 0.489. The number of ether oxygens (including phenoxy) is 3. The van der Waals surface area contributed by atoms with E-state index in [9.17, 15) is 9.90 Å². The number of rotatable bonds is 12. The number of β-amino-alcohol motifs (C(OH)–C–C–N with tert-alkyl or cyclic N) is 1. The van der Waals surface area contributed by atoms with Crippen molar-refractivity contribution < 1.29 is 24.1 Å². The molecule has 34 heavy (non-hydrogen) atoms. The molecule has 2 atom stereocenters. The van der Waals surface area contributed by atoms with Gasteiger partial charge in [-0.2, -0.15) is 0 Å². The van der Waals surface area contributed by atoms with Crippen molar-refractivity contribution in [3.8, 4) is 0 Å². The molecule has 0 saturated carbocycles. The monoisotopic (exact) mass is 477 g/mol. The van der Waals surface area contributed by atoms with Crippen molar-refractivity contribution in [2.45, 2.75) is 33.0 Å². The Bertz CT molecular complexity index is 724. The van der Waals surface area contributed by atoms with Gasteiger partial charge in [-0.3, -0.25) is 14.6 Å². The van der Waals surface area contributed by atoms with Gasteiger partial charge in [0.2, 0.25) is 0 Å². The lowest BCUT2D eigenvalue weighted by Crippen LogP contribution is -2.52. The van der Waals surface area contributed by atoms with Gasteiger partial charge in [0.05, 0.1) is 38.6 Å². The van der Waals surface area contributed by atoms with E-state index in [1.807, 2.05) is 36.1 Å². The zero-order valence-corrected chi connectivity index (χ0v) is 21.2. The van der Waals surface area contributed by atoms with E-state index in [0.717, 1.165) is 45.0 Å². The summed E-state index contributed by atoms with van der Waals surface area (Å²) in [4.78, 5) is 19.9. The number of amides is 1. The zero-order chi connectivity index (χ0) is 24.3. The fraction of sp³-hybridized carbons (Fsp3) is 0.731. The van der Waals surface area contributed by atoms with Crippen LogP contribution < -0.4 is 0 Å². The fourth-order valence-corrected chi connectivity index (χ4v) is 4.33. The van der Waals surface area contributed by atoms with Gasteiger partial charge in [0, 0.05) is 64.5 Å². The molecule has 2 heterocycles. The molecule has 3 rings (SSSR count). The van der Waals surface area contributed by atoms with Gasteiger partial charge in [0.15, 0.2) is 0 Å². The molecule has 1 amide bonds. The van der Waals surface area contributed by atoms with Gasteiger partial charge in [0.1, 0.15) is 0 Å². The van der Waals surface area contributed by atoms with Crippen molar-refractivity contribution in [1.82, 2.24) is 14.7 Å². The second-order valence-electron chi connectivity index (χ2n) is 9.91. The maximum atomic E-state index is 13.4. The summed E-state index contributed by atoms with van der Waals surface area (Å²) in [5.74, 6) is 0.491. The topological polar surface area (TPSA) is 74.7 Å². The molecule has 2 saturated heterocycles. The molecule has 1 N–H and O–H groups in total. The number of morpholine rings is 2. The molecule has 8 heteroatoms. The SMILES string of the molecule is Cc1ccc(C(=O)N(CCN2CCOCC2)C[C@@H]2CN(C[C@H](O)COCC(C)C)CCO2)cc1. The van der Waals surface area contributed by atoms with Crippen LogP contribution in [-0.2, 0) is 14.2 Å². The number of hydrogen-bond acceptors (Lipinski definition) is 7. The predicted octanol–water partition coefficient (Wildman–Crippen LogP) is 1.50. The van der Waals surface area contributed by atoms with Crippen molar-refractivity contribution in [3.05, 3.63) is 35.4 Å². The van der Waals surface area contributed by atoms with Gasteiger partial charge < -0.3 is 24.2 Å². The normalized spacial score (nSPS) is 21.0. The Morgan fingerprint density at radius 1 is 1.12 bits per heavy atom. The van der Waals surface area contributed by atoms with Crippen LogP contribution in [-0.4, -0.2) is 123 Å². The maximum absolute atomic E-state index is 13.4. The Hall–Kier alpha value is -1.55. The van der Waals surface area contributed by atoms with Crippen molar-refractivity contribution in [2.24, 2.45) is 5.92 Å². The lowest BCUT2D eigenvalue weighted by molar-refractivity contribution is -0.0604. The first-order valence-corrected chi connectivity index (χ1v) is 12.7. The van der Waals surface area contributed by atoms with Crippen LogP contribution in [0.2, 0.25) is 0 Å². The lowest BCUT2D eigenvalue weighted by Gasteiger charge is -2.37. The van der Waals surface area contributed by atoms with Gasteiger partial charge in [0.25, 0.3) is 5.91 Å². The van der Waals surface area contributed by atoms with Gasteiger partial charge in [-0.1, -0.05) is 31.5 Å². The maximum Gasteiger partial charge on any atom is 0.253 e. The van der Waals surface area contributed by atoms with E-state index in [2.05, 4.69) is 23.6 Å². The third kappa shape index (κ3) is 9.24. The Balaban J connectivity index is 1.56. The van der Waals surface area contributed by atoms with Crippen LogP contribution in [0.4, 0.5) is 0 Å². The average Bonchev–Trinajstić information content (AvgIpc) is 2.82. The third-order valence-corrected chi connectivity index (χ3v) is 6.25. The highest BCUT2D eigenvalue weighted by Crippen LogP contribution is 2.13. The van der Waals surface area contributed by atoms with E-state index in [1.165, 1.54) is 0 Å². The number of nitrogens with zero attached hydrogens (tertiary/aromatic N) is 3. The lowest BCUT2D eigenvalue weighted by atomic mass is 10.1. The van der Waals surface area contributed by atoms with E-state index in [0.29, 0.717) is 57.5 Å². The molecule has 0 bridgehead atoms. The van der Waals surface area contributed by atoms with Crippen LogP contribution in [0.5, 0.6) is 0 Å². The van der Waals surface area contributed by atoms with Crippen molar-refractivity contribution in [1.29, 1.82) is 0 Å². The molecule has 1 aromatic rings. The van der Waals surface area contributed by atoms with Crippen LogP contribution >= 0.6 is 0 Å². The molecule has 8 nitrogen and oxygen atoms in total. The zero-order valence-electron chi connectivity index (χ0n) is 21.2. The summed E-state index contributed by atoms with van der Waals surface area (Å²) >= 11 is 0. The van der Waals surface area contributed by atoms with Gasteiger partial charge >= 0.3 is 0 Å². The summed E-state index contributed by atoms with van der Waals surface area (Å²) in [6.45, 7) is 15.1. The van der Waals surface area contributed by atoms with Gasteiger partial charge in [-0.05, 0) is 25.0 Å². The fourth-order valence-electron chi connectivity index (χ4n) is 4.33. The molecule has 0 spiro atoms. The van der Waals surface area contributed by atoms with E-state index in [-0.39, 0.29) is 12.0 Å². The highest BCUT2D eigenvalue weighted by atomic mass is 16.5. The number of aliphatic hydroxyl groups is 1. The standard InChI is InChI=1S/C26H43N3O5/c1-21(2)19-33-20-24(30)16-28-12-15-34-25(17-28)18-29(9-8-27-10-13-32-14-11-27)26(31)23-6-4-22(3)5-7-23/h4-7,21,24-25,30H,8-20H2,1-3H3/t24-,25-/m0/s1. The largest absolute Gasteiger partial charge is 0.389 e. The molecule has 192 valence electrons.